The number of nitrogens with one attached hydrogen (secondary N) is 1. The van der Waals surface area contributed by atoms with Crippen LogP contribution < -0.4 is 5.32 Å². The number of carbonyl (C=O) groups is 3. The highest BCUT2D eigenvalue weighted by Crippen LogP contribution is 2.63. The average molecular weight is 545 g/mol. The number of anilines is 1. The van der Waals surface area contributed by atoms with Gasteiger partial charge in [-0.2, -0.15) is 0 Å². The summed E-state index contributed by atoms with van der Waals surface area (Å²) in [6.07, 6.45) is 2.88. The number of amides is 3. The lowest BCUT2D eigenvalue weighted by molar-refractivity contribution is -0.149. The first kappa shape index (κ1) is 26.8. The van der Waals surface area contributed by atoms with Gasteiger partial charge in [-0.3, -0.25) is 19.7 Å². The normalized spacial score (nSPS) is 30.9. The molecule has 1 saturated heterocycles. The second-order valence-corrected chi connectivity index (χ2v) is 12.5. The van der Waals surface area contributed by atoms with Crippen molar-refractivity contribution in [3.63, 3.8) is 0 Å². The van der Waals surface area contributed by atoms with Gasteiger partial charge in [0.15, 0.2) is 10.9 Å². The molecule has 5 atom stereocenters. The highest BCUT2D eigenvalue weighted by atomic mass is 32.1. The molecule has 5 unspecified atom stereocenters. The summed E-state index contributed by atoms with van der Waals surface area (Å²) in [6.45, 7) is 7.51. The number of hydrogen-bond acceptors (Lipinski definition) is 8. The van der Waals surface area contributed by atoms with Crippen LogP contribution in [-0.2, 0) is 16.0 Å². The second kappa shape index (κ2) is 10.1. The van der Waals surface area contributed by atoms with Crippen molar-refractivity contribution < 1.29 is 29.0 Å². The van der Waals surface area contributed by atoms with Gasteiger partial charge in [0.25, 0.3) is 5.91 Å². The predicted octanol–water partition coefficient (Wildman–Crippen LogP) is 2.48. The van der Waals surface area contributed by atoms with Gasteiger partial charge >= 0.3 is 0 Å². The highest BCUT2D eigenvalue weighted by molar-refractivity contribution is 7.15. The van der Waals surface area contributed by atoms with E-state index >= 15 is 0 Å². The zero-order valence-electron chi connectivity index (χ0n) is 22.1. The van der Waals surface area contributed by atoms with E-state index in [2.05, 4.69) is 12.2 Å². The first-order valence-corrected chi connectivity index (χ1v) is 14.0. The van der Waals surface area contributed by atoms with Crippen LogP contribution in [-0.4, -0.2) is 81.6 Å². The maximum absolute atomic E-state index is 13.6. The monoisotopic (exact) mass is 544 g/mol. The van der Waals surface area contributed by atoms with Crippen molar-refractivity contribution in [2.75, 3.05) is 38.1 Å². The van der Waals surface area contributed by atoms with Gasteiger partial charge in [0.05, 0.1) is 24.7 Å². The van der Waals surface area contributed by atoms with Gasteiger partial charge in [0.2, 0.25) is 11.8 Å². The van der Waals surface area contributed by atoms with E-state index < -0.39 is 17.4 Å². The number of fused-ring (bicyclic) bond motifs is 2. The van der Waals surface area contributed by atoms with E-state index in [9.17, 15) is 24.6 Å². The zero-order chi connectivity index (χ0) is 27.2. The van der Waals surface area contributed by atoms with Crippen molar-refractivity contribution >= 4 is 34.2 Å². The topological polar surface area (TPSA) is 136 Å². The lowest BCUT2D eigenvalue weighted by Crippen LogP contribution is -2.58. The molecule has 1 saturated carbocycles. The summed E-state index contributed by atoms with van der Waals surface area (Å²) >= 11 is 1.38. The van der Waals surface area contributed by atoms with Crippen LogP contribution >= 0.6 is 11.3 Å². The number of piperazine rings is 1. The number of hydrogen-bond donors (Lipinski definition) is 3. The maximum atomic E-state index is 13.6. The summed E-state index contributed by atoms with van der Waals surface area (Å²) in [5.74, 6) is -0.490. The maximum Gasteiger partial charge on any atom is 0.293 e. The Bertz CT molecular complexity index is 1210. The van der Waals surface area contributed by atoms with Crippen LogP contribution in [0.4, 0.5) is 5.13 Å². The number of rotatable bonds is 5. The molecule has 3 heterocycles. The molecule has 2 aromatic heterocycles. The summed E-state index contributed by atoms with van der Waals surface area (Å²) < 4.78 is 5.21. The molecule has 1 aliphatic heterocycles. The fraction of sp³-hybridized carbons (Fsp3) is 0.630. The molecule has 2 aliphatic carbocycles. The largest absolute Gasteiger partial charge is 0.459 e. The van der Waals surface area contributed by atoms with Crippen LogP contribution in [0.2, 0.25) is 0 Å². The van der Waals surface area contributed by atoms with E-state index in [-0.39, 0.29) is 47.9 Å². The van der Waals surface area contributed by atoms with Crippen LogP contribution in [0, 0.1) is 16.7 Å². The minimum Gasteiger partial charge on any atom is -0.459 e. The van der Waals surface area contributed by atoms with Crippen molar-refractivity contribution in [2.24, 2.45) is 16.7 Å². The Kier molecular flexibility index (Phi) is 7.12. The van der Waals surface area contributed by atoms with Crippen LogP contribution in [0.5, 0.6) is 0 Å². The molecule has 5 rings (SSSR count). The third-order valence-corrected chi connectivity index (χ3v) is 10.3. The molecule has 2 aromatic rings. The van der Waals surface area contributed by atoms with Crippen molar-refractivity contribution in [2.45, 2.75) is 58.5 Å². The van der Waals surface area contributed by atoms with Crippen LogP contribution in [0.1, 0.15) is 67.1 Å². The van der Waals surface area contributed by atoms with Gasteiger partial charge < -0.3 is 24.4 Å². The third kappa shape index (κ3) is 4.54. The summed E-state index contributed by atoms with van der Waals surface area (Å²) in [4.78, 5) is 47.4. The summed E-state index contributed by atoms with van der Waals surface area (Å²) in [6, 6.07) is 3.23. The number of aromatic nitrogens is 1. The SMILES string of the molecule is CC(=O)N1CCN(C(=O)CC2c3nc(NC(=O)c4ccco4)sc3CC3C(C)(CO)C(O)CCC23C)CC1. The van der Waals surface area contributed by atoms with Crippen molar-refractivity contribution in [3.05, 3.63) is 34.7 Å². The van der Waals surface area contributed by atoms with Gasteiger partial charge in [-0.1, -0.05) is 13.8 Å². The van der Waals surface area contributed by atoms with Crippen LogP contribution in [0.15, 0.2) is 22.8 Å². The summed E-state index contributed by atoms with van der Waals surface area (Å²) in [5, 5.41) is 24.7. The molecule has 2 fully saturated rings. The molecule has 206 valence electrons. The van der Waals surface area contributed by atoms with E-state index in [1.807, 2.05) is 11.8 Å². The fourth-order valence-electron chi connectivity index (χ4n) is 6.84. The Hall–Kier alpha value is -2.76. The van der Waals surface area contributed by atoms with Gasteiger partial charge in [-0.05, 0) is 42.7 Å². The molecule has 3 amide bonds. The average Bonchev–Trinajstić information content (AvgIpc) is 3.58. The molecule has 0 spiro atoms. The molecular weight excluding hydrogens is 508 g/mol. The molecule has 0 bridgehead atoms. The number of nitrogens with zero attached hydrogens (tertiary/aromatic N) is 3. The van der Waals surface area contributed by atoms with Crippen LogP contribution in [0.3, 0.4) is 0 Å². The standard InChI is InChI=1S/C27H36N4O6S/c1-16(33)30-8-10-31(11-9-30)22(35)13-17-23-19(38-25(28-23)29-24(36)18-5-4-12-37-18)14-20-26(17,2)7-6-21(34)27(20,3)15-32/h4-5,12,17,20-21,32,34H,6-11,13-15H2,1-3H3,(H,28,29,36). The van der Waals surface area contributed by atoms with E-state index in [4.69, 9.17) is 9.40 Å². The second-order valence-electron chi connectivity index (χ2n) is 11.4. The van der Waals surface area contributed by atoms with Gasteiger partial charge in [-0.25, -0.2) is 4.98 Å². The molecule has 38 heavy (non-hydrogen) atoms. The Morgan fingerprint density at radius 1 is 1.21 bits per heavy atom. The fourth-order valence-corrected chi connectivity index (χ4v) is 7.90. The van der Waals surface area contributed by atoms with Crippen molar-refractivity contribution in [1.29, 1.82) is 0 Å². The Balaban J connectivity index is 1.46. The number of carbonyl (C=O) groups excluding carboxylic acids is 3. The van der Waals surface area contributed by atoms with Gasteiger partial charge in [-0.15, -0.1) is 11.3 Å². The van der Waals surface area contributed by atoms with Crippen LogP contribution in [0.25, 0.3) is 0 Å². The van der Waals surface area contributed by atoms with E-state index in [0.29, 0.717) is 50.6 Å². The van der Waals surface area contributed by atoms with E-state index in [1.54, 1.807) is 24.0 Å². The number of furan rings is 1. The Morgan fingerprint density at radius 3 is 2.55 bits per heavy atom. The molecule has 3 aliphatic rings. The molecule has 3 N–H and O–H groups in total. The highest BCUT2D eigenvalue weighted by Gasteiger charge is 2.59. The summed E-state index contributed by atoms with van der Waals surface area (Å²) in [7, 11) is 0. The van der Waals surface area contributed by atoms with E-state index in [1.165, 1.54) is 17.6 Å². The minimum atomic E-state index is -0.722. The lowest BCUT2D eigenvalue weighted by atomic mass is 9.47. The smallest absolute Gasteiger partial charge is 0.293 e. The predicted molar refractivity (Wildman–Crippen MR) is 141 cm³/mol. The molecule has 10 nitrogen and oxygen atoms in total. The van der Waals surface area contributed by atoms with Gasteiger partial charge in [0, 0.05) is 55.7 Å². The number of aliphatic hydroxyl groups is 2. The first-order chi connectivity index (χ1) is 18.1. The third-order valence-electron chi connectivity index (χ3n) is 9.32. The number of thiazole rings is 1. The summed E-state index contributed by atoms with van der Waals surface area (Å²) in [5.41, 5.74) is -0.284. The molecular formula is C27H36N4O6S. The van der Waals surface area contributed by atoms with E-state index in [0.717, 1.165) is 10.6 Å². The quantitative estimate of drug-likeness (QED) is 0.526. The first-order valence-electron chi connectivity index (χ1n) is 13.2. The Morgan fingerprint density at radius 2 is 1.92 bits per heavy atom. The molecule has 0 aromatic carbocycles. The lowest BCUT2D eigenvalue weighted by Gasteiger charge is -2.58. The zero-order valence-corrected chi connectivity index (χ0v) is 22.9. The number of aliphatic hydroxyl groups excluding tert-OH is 2. The van der Waals surface area contributed by atoms with Crippen molar-refractivity contribution in [1.82, 2.24) is 14.8 Å². The minimum absolute atomic E-state index is 0.0111. The Labute approximate surface area is 226 Å². The molecule has 0 radical (unpaired) electrons. The van der Waals surface area contributed by atoms with Gasteiger partial charge in [0.1, 0.15) is 0 Å². The van der Waals surface area contributed by atoms with Crippen molar-refractivity contribution in [3.8, 4) is 0 Å². The molecule has 11 heteroatoms.